The fourth-order valence-corrected chi connectivity index (χ4v) is 2.51. The molecule has 104 valence electrons. The number of benzene rings is 2. The van der Waals surface area contributed by atoms with Gasteiger partial charge in [0.15, 0.2) is 6.10 Å². The average Bonchev–Trinajstić information content (AvgIpc) is 2.47. The predicted octanol–water partition coefficient (Wildman–Crippen LogP) is 2.32. The molecule has 2 aromatic carbocycles. The molecule has 0 saturated heterocycles. The van der Waals surface area contributed by atoms with E-state index in [1.165, 1.54) is 0 Å². The maximum absolute atomic E-state index is 10.6. The summed E-state index contributed by atoms with van der Waals surface area (Å²) in [5.41, 5.74) is 0.373. The molecular formula is C15H14O4S. The van der Waals surface area contributed by atoms with E-state index in [0.717, 1.165) is 9.79 Å². The van der Waals surface area contributed by atoms with Crippen molar-refractivity contribution in [2.24, 2.45) is 0 Å². The number of carboxylic acid groups (broad SMARTS) is 1. The zero-order valence-electron chi connectivity index (χ0n) is 10.5. The van der Waals surface area contributed by atoms with Gasteiger partial charge in [0.2, 0.25) is 0 Å². The van der Waals surface area contributed by atoms with Crippen LogP contribution in [0.25, 0.3) is 0 Å². The monoisotopic (exact) mass is 290 g/mol. The molecule has 0 amide bonds. The molecule has 2 atom stereocenters. The molecule has 0 aliphatic rings. The fourth-order valence-electron chi connectivity index (χ4n) is 1.68. The van der Waals surface area contributed by atoms with E-state index in [0.29, 0.717) is 5.56 Å². The fraction of sp³-hybridized carbons (Fsp3) is 0.133. The van der Waals surface area contributed by atoms with Crippen molar-refractivity contribution >= 4 is 17.7 Å². The summed E-state index contributed by atoms with van der Waals surface area (Å²) in [5, 5.41) is 27.6. The smallest absolute Gasteiger partial charge is 0.335 e. The molecular weight excluding hydrogens is 276 g/mol. The summed E-state index contributed by atoms with van der Waals surface area (Å²) in [5.74, 6) is -1.44. The van der Waals surface area contributed by atoms with Crippen LogP contribution in [0.1, 0.15) is 11.7 Å². The first-order chi connectivity index (χ1) is 9.58. The summed E-state index contributed by atoms with van der Waals surface area (Å²) in [6.45, 7) is 0. The van der Waals surface area contributed by atoms with Gasteiger partial charge in [0.1, 0.15) is 6.10 Å². The van der Waals surface area contributed by atoms with Crippen molar-refractivity contribution in [3.05, 3.63) is 60.2 Å². The number of carbonyl (C=O) groups is 1. The minimum atomic E-state index is -1.82. The van der Waals surface area contributed by atoms with Gasteiger partial charge in [0.05, 0.1) is 0 Å². The largest absolute Gasteiger partial charge is 0.479 e. The van der Waals surface area contributed by atoms with E-state index in [-0.39, 0.29) is 0 Å². The molecule has 0 heterocycles. The molecule has 0 saturated carbocycles. The van der Waals surface area contributed by atoms with E-state index < -0.39 is 18.2 Å². The van der Waals surface area contributed by atoms with Crippen LogP contribution in [0.3, 0.4) is 0 Å². The molecule has 0 spiro atoms. The summed E-state index contributed by atoms with van der Waals surface area (Å²) in [7, 11) is 0. The van der Waals surface area contributed by atoms with Crippen molar-refractivity contribution < 1.29 is 20.1 Å². The highest BCUT2D eigenvalue weighted by Crippen LogP contribution is 2.28. The Hall–Kier alpha value is -1.82. The molecule has 20 heavy (non-hydrogen) atoms. The van der Waals surface area contributed by atoms with Crippen molar-refractivity contribution in [1.82, 2.24) is 0 Å². The second-order valence-electron chi connectivity index (χ2n) is 4.21. The topological polar surface area (TPSA) is 77.8 Å². The normalized spacial score (nSPS) is 13.7. The third kappa shape index (κ3) is 3.60. The minimum absolute atomic E-state index is 0.373. The van der Waals surface area contributed by atoms with Crippen molar-refractivity contribution in [2.75, 3.05) is 0 Å². The Morgan fingerprint density at radius 1 is 0.900 bits per heavy atom. The first-order valence-corrected chi connectivity index (χ1v) is 6.81. The number of rotatable bonds is 5. The first-order valence-electron chi connectivity index (χ1n) is 6.00. The Morgan fingerprint density at radius 3 is 2.00 bits per heavy atom. The second-order valence-corrected chi connectivity index (χ2v) is 5.36. The highest BCUT2D eigenvalue weighted by molar-refractivity contribution is 7.99. The van der Waals surface area contributed by atoms with Crippen molar-refractivity contribution in [3.63, 3.8) is 0 Å². The molecule has 0 radical (unpaired) electrons. The lowest BCUT2D eigenvalue weighted by atomic mass is 10.0. The van der Waals surface area contributed by atoms with Gasteiger partial charge in [-0.1, -0.05) is 42.1 Å². The van der Waals surface area contributed by atoms with E-state index in [9.17, 15) is 15.0 Å². The summed E-state index contributed by atoms with van der Waals surface area (Å²) in [4.78, 5) is 12.7. The number of hydrogen-bond acceptors (Lipinski definition) is 4. The van der Waals surface area contributed by atoms with Crippen molar-refractivity contribution in [1.29, 1.82) is 0 Å². The lowest BCUT2D eigenvalue weighted by Crippen LogP contribution is -2.27. The van der Waals surface area contributed by atoms with Gasteiger partial charge in [-0.25, -0.2) is 4.79 Å². The van der Waals surface area contributed by atoms with Crippen molar-refractivity contribution in [2.45, 2.75) is 22.0 Å². The predicted molar refractivity (Wildman–Crippen MR) is 75.6 cm³/mol. The molecule has 0 aliphatic carbocycles. The van der Waals surface area contributed by atoms with Crippen molar-refractivity contribution in [3.8, 4) is 0 Å². The van der Waals surface area contributed by atoms with Crippen LogP contribution in [0.2, 0.25) is 0 Å². The van der Waals surface area contributed by atoms with Crippen LogP contribution in [-0.4, -0.2) is 27.4 Å². The lowest BCUT2D eigenvalue weighted by Gasteiger charge is -2.14. The zero-order chi connectivity index (χ0) is 14.5. The SMILES string of the molecule is O=C(O)C(O)C(O)c1ccc(Sc2ccccc2)cc1. The average molecular weight is 290 g/mol. The molecule has 0 aliphatic heterocycles. The van der Waals surface area contributed by atoms with Crippen LogP contribution in [0.4, 0.5) is 0 Å². The van der Waals surface area contributed by atoms with E-state index in [1.54, 1.807) is 36.0 Å². The van der Waals surface area contributed by atoms with E-state index in [4.69, 9.17) is 5.11 Å². The zero-order valence-corrected chi connectivity index (χ0v) is 11.3. The molecule has 3 N–H and O–H groups in total. The molecule has 0 fully saturated rings. The molecule has 0 aromatic heterocycles. The van der Waals surface area contributed by atoms with Crippen LogP contribution in [0.15, 0.2) is 64.4 Å². The van der Waals surface area contributed by atoms with Gasteiger partial charge < -0.3 is 15.3 Å². The molecule has 2 unspecified atom stereocenters. The Bertz CT molecular complexity index is 568. The van der Waals surface area contributed by atoms with Gasteiger partial charge >= 0.3 is 5.97 Å². The number of aliphatic hydroxyl groups is 2. The van der Waals surface area contributed by atoms with Gasteiger partial charge in [0.25, 0.3) is 0 Å². The summed E-state index contributed by atoms with van der Waals surface area (Å²) < 4.78 is 0. The Kier molecular flexibility index (Phi) is 4.79. The number of aliphatic hydroxyl groups excluding tert-OH is 2. The first kappa shape index (κ1) is 14.6. The molecule has 5 heteroatoms. The van der Waals surface area contributed by atoms with E-state index >= 15 is 0 Å². The van der Waals surface area contributed by atoms with Crippen LogP contribution in [0.5, 0.6) is 0 Å². The van der Waals surface area contributed by atoms with Gasteiger partial charge in [-0.15, -0.1) is 0 Å². The quantitative estimate of drug-likeness (QED) is 0.787. The second kappa shape index (κ2) is 6.56. The highest BCUT2D eigenvalue weighted by atomic mass is 32.2. The Balaban J connectivity index is 2.08. The van der Waals surface area contributed by atoms with Gasteiger partial charge in [0, 0.05) is 9.79 Å². The maximum Gasteiger partial charge on any atom is 0.335 e. The summed E-state index contributed by atoms with van der Waals surface area (Å²) in [6, 6.07) is 16.6. The van der Waals surface area contributed by atoms with E-state index in [2.05, 4.69) is 0 Å². The molecule has 0 bridgehead atoms. The van der Waals surface area contributed by atoms with Crippen LogP contribution < -0.4 is 0 Å². The Labute approximate surface area is 120 Å². The molecule has 2 aromatic rings. The standard InChI is InChI=1S/C15H14O4S/c16-13(14(17)15(18)19)10-6-8-12(9-7-10)20-11-4-2-1-3-5-11/h1-9,13-14,16-17H,(H,18,19). The minimum Gasteiger partial charge on any atom is -0.479 e. The molecule has 2 rings (SSSR count). The summed E-state index contributed by atoms with van der Waals surface area (Å²) >= 11 is 1.56. The Morgan fingerprint density at radius 2 is 1.45 bits per heavy atom. The highest BCUT2D eigenvalue weighted by Gasteiger charge is 2.24. The van der Waals surface area contributed by atoms with Crippen LogP contribution in [0, 0.1) is 0 Å². The number of aliphatic carboxylic acids is 1. The van der Waals surface area contributed by atoms with Crippen LogP contribution >= 0.6 is 11.8 Å². The van der Waals surface area contributed by atoms with Gasteiger partial charge in [-0.05, 0) is 29.8 Å². The van der Waals surface area contributed by atoms with E-state index in [1.807, 2.05) is 30.3 Å². The number of carboxylic acids is 1. The molecule has 4 nitrogen and oxygen atoms in total. The van der Waals surface area contributed by atoms with Gasteiger partial charge in [-0.2, -0.15) is 0 Å². The third-order valence-electron chi connectivity index (χ3n) is 2.75. The maximum atomic E-state index is 10.6. The summed E-state index contributed by atoms with van der Waals surface area (Å²) in [6.07, 6.45) is -3.24. The van der Waals surface area contributed by atoms with Crippen LogP contribution in [-0.2, 0) is 4.79 Å². The van der Waals surface area contributed by atoms with Gasteiger partial charge in [-0.3, -0.25) is 0 Å². The number of hydrogen-bond donors (Lipinski definition) is 3. The third-order valence-corrected chi connectivity index (χ3v) is 3.77. The lowest BCUT2D eigenvalue weighted by molar-refractivity contribution is -0.153.